The van der Waals surface area contributed by atoms with Gasteiger partial charge in [-0.3, -0.25) is 4.79 Å². The van der Waals surface area contributed by atoms with E-state index in [0.29, 0.717) is 16.9 Å². The number of aryl methyl sites for hydroxylation is 1. The summed E-state index contributed by atoms with van der Waals surface area (Å²) in [6.07, 6.45) is 2.46. The highest BCUT2D eigenvalue weighted by molar-refractivity contribution is 7.99. The number of furan rings is 1. The van der Waals surface area contributed by atoms with E-state index in [1.54, 1.807) is 12.1 Å². The second-order valence-electron chi connectivity index (χ2n) is 4.74. The van der Waals surface area contributed by atoms with Crippen LogP contribution in [-0.2, 0) is 11.2 Å². The van der Waals surface area contributed by atoms with Crippen LogP contribution in [0.5, 0.6) is 0 Å². The van der Waals surface area contributed by atoms with Crippen LogP contribution in [0.15, 0.2) is 56.7 Å². The Morgan fingerprint density at radius 2 is 2.17 bits per heavy atom. The Bertz CT molecular complexity index is 783. The van der Waals surface area contributed by atoms with Gasteiger partial charge in [0.1, 0.15) is 0 Å². The molecule has 0 atom stereocenters. The van der Waals surface area contributed by atoms with E-state index in [4.69, 9.17) is 8.83 Å². The minimum atomic E-state index is -0.124. The predicted molar refractivity (Wildman–Crippen MR) is 87.2 cm³/mol. The van der Waals surface area contributed by atoms with E-state index in [-0.39, 0.29) is 11.7 Å². The van der Waals surface area contributed by atoms with Crippen molar-refractivity contribution in [1.29, 1.82) is 0 Å². The van der Waals surface area contributed by atoms with Crippen LogP contribution in [0.25, 0.3) is 11.7 Å². The minimum Gasteiger partial charge on any atom is -0.459 e. The second kappa shape index (κ2) is 7.15. The first-order chi connectivity index (χ1) is 11.2. The third-order valence-corrected chi connectivity index (χ3v) is 3.90. The summed E-state index contributed by atoms with van der Waals surface area (Å²) in [5.41, 5.74) is 1.96. The summed E-state index contributed by atoms with van der Waals surface area (Å²) >= 11 is 1.18. The number of carbonyl (C=O) groups excluding carboxylic acids is 1. The molecule has 7 heteroatoms. The Morgan fingerprint density at radius 1 is 1.26 bits per heavy atom. The van der Waals surface area contributed by atoms with Crippen molar-refractivity contribution in [3.8, 4) is 11.7 Å². The SMILES string of the molecule is CCc1cccc(NC(=O)CSc2nnc(-c3ccco3)o2)c1. The lowest BCUT2D eigenvalue weighted by molar-refractivity contribution is -0.113. The molecule has 118 valence electrons. The van der Waals surface area contributed by atoms with Crippen molar-refractivity contribution in [3.63, 3.8) is 0 Å². The van der Waals surface area contributed by atoms with Crippen molar-refractivity contribution in [2.45, 2.75) is 18.6 Å². The first-order valence-corrected chi connectivity index (χ1v) is 8.12. The van der Waals surface area contributed by atoms with Gasteiger partial charge in [-0.1, -0.05) is 30.8 Å². The van der Waals surface area contributed by atoms with Gasteiger partial charge in [0, 0.05) is 5.69 Å². The number of nitrogens with one attached hydrogen (secondary N) is 1. The number of carbonyl (C=O) groups is 1. The normalized spacial score (nSPS) is 10.7. The lowest BCUT2D eigenvalue weighted by atomic mass is 10.1. The largest absolute Gasteiger partial charge is 0.459 e. The molecule has 23 heavy (non-hydrogen) atoms. The van der Waals surface area contributed by atoms with Gasteiger partial charge in [-0.15, -0.1) is 10.2 Å². The van der Waals surface area contributed by atoms with Crippen molar-refractivity contribution in [3.05, 3.63) is 48.2 Å². The Hall–Kier alpha value is -2.54. The summed E-state index contributed by atoms with van der Waals surface area (Å²) in [6, 6.07) is 11.3. The molecule has 1 amide bonds. The quantitative estimate of drug-likeness (QED) is 0.696. The number of aromatic nitrogens is 2. The molecule has 2 aromatic heterocycles. The lowest BCUT2D eigenvalue weighted by Crippen LogP contribution is -2.14. The molecule has 0 radical (unpaired) electrons. The van der Waals surface area contributed by atoms with Crippen LogP contribution in [0.4, 0.5) is 5.69 Å². The molecule has 1 N–H and O–H groups in total. The summed E-state index contributed by atoms with van der Waals surface area (Å²) in [5, 5.41) is 10.9. The molecular formula is C16H15N3O3S. The number of hydrogen-bond donors (Lipinski definition) is 1. The van der Waals surface area contributed by atoms with Crippen molar-refractivity contribution in [1.82, 2.24) is 10.2 Å². The topological polar surface area (TPSA) is 81.2 Å². The first-order valence-electron chi connectivity index (χ1n) is 7.13. The van der Waals surface area contributed by atoms with Gasteiger partial charge in [0.15, 0.2) is 5.76 Å². The molecule has 3 rings (SSSR count). The Kier molecular flexibility index (Phi) is 4.77. The predicted octanol–water partition coefficient (Wildman–Crippen LogP) is 3.62. The van der Waals surface area contributed by atoms with Gasteiger partial charge in [-0.2, -0.15) is 0 Å². The van der Waals surface area contributed by atoms with Crippen LogP contribution in [0.1, 0.15) is 12.5 Å². The molecule has 3 aromatic rings. The molecule has 0 aliphatic heterocycles. The van der Waals surface area contributed by atoms with Crippen LogP contribution in [0.2, 0.25) is 0 Å². The Morgan fingerprint density at radius 3 is 2.96 bits per heavy atom. The third-order valence-electron chi connectivity index (χ3n) is 3.08. The number of amides is 1. The summed E-state index contributed by atoms with van der Waals surface area (Å²) in [6.45, 7) is 2.07. The molecule has 0 aliphatic carbocycles. The van der Waals surface area contributed by atoms with E-state index in [1.165, 1.54) is 23.6 Å². The van der Waals surface area contributed by atoms with Crippen molar-refractivity contribution in [2.75, 3.05) is 11.1 Å². The number of nitrogens with zero attached hydrogens (tertiary/aromatic N) is 2. The maximum atomic E-state index is 12.0. The minimum absolute atomic E-state index is 0.124. The Balaban J connectivity index is 1.54. The highest BCUT2D eigenvalue weighted by Crippen LogP contribution is 2.23. The van der Waals surface area contributed by atoms with Gasteiger partial charge in [0.05, 0.1) is 12.0 Å². The zero-order chi connectivity index (χ0) is 16.1. The fourth-order valence-corrected chi connectivity index (χ4v) is 2.52. The van der Waals surface area contributed by atoms with E-state index in [2.05, 4.69) is 22.4 Å². The number of anilines is 1. The zero-order valence-corrected chi connectivity index (χ0v) is 13.3. The molecular weight excluding hydrogens is 314 g/mol. The summed E-state index contributed by atoms with van der Waals surface area (Å²) < 4.78 is 10.6. The first kappa shape index (κ1) is 15.4. The monoisotopic (exact) mass is 329 g/mol. The molecule has 0 bridgehead atoms. The van der Waals surface area contributed by atoms with Crippen LogP contribution in [0, 0.1) is 0 Å². The maximum Gasteiger partial charge on any atom is 0.284 e. The zero-order valence-electron chi connectivity index (χ0n) is 12.5. The van der Waals surface area contributed by atoms with Gasteiger partial charge < -0.3 is 14.2 Å². The average Bonchev–Trinajstić information content (AvgIpc) is 3.24. The highest BCUT2D eigenvalue weighted by Gasteiger charge is 2.13. The number of benzene rings is 1. The third kappa shape index (κ3) is 4.01. The number of hydrogen-bond acceptors (Lipinski definition) is 6. The van der Waals surface area contributed by atoms with Crippen LogP contribution in [0.3, 0.4) is 0 Å². The van der Waals surface area contributed by atoms with Crippen molar-refractivity contribution in [2.24, 2.45) is 0 Å². The molecule has 0 spiro atoms. The van der Waals surface area contributed by atoms with E-state index < -0.39 is 0 Å². The van der Waals surface area contributed by atoms with Gasteiger partial charge in [0.2, 0.25) is 5.91 Å². The van der Waals surface area contributed by atoms with E-state index >= 15 is 0 Å². The van der Waals surface area contributed by atoms with Crippen molar-refractivity contribution >= 4 is 23.4 Å². The van der Waals surface area contributed by atoms with Gasteiger partial charge in [-0.05, 0) is 36.2 Å². The second-order valence-corrected chi connectivity index (χ2v) is 5.67. The smallest absolute Gasteiger partial charge is 0.284 e. The van der Waals surface area contributed by atoms with E-state index in [1.807, 2.05) is 24.3 Å². The van der Waals surface area contributed by atoms with Crippen molar-refractivity contribution < 1.29 is 13.6 Å². The molecule has 0 saturated carbocycles. The molecule has 0 aliphatic rings. The summed E-state index contributed by atoms with van der Waals surface area (Å²) in [5.74, 6) is 0.871. The molecule has 0 unspecified atom stereocenters. The van der Waals surface area contributed by atoms with Crippen LogP contribution < -0.4 is 5.32 Å². The Labute approximate surface area is 137 Å². The van der Waals surface area contributed by atoms with E-state index in [9.17, 15) is 4.79 Å². The van der Waals surface area contributed by atoms with Gasteiger partial charge in [0.25, 0.3) is 11.1 Å². The summed E-state index contributed by atoms with van der Waals surface area (Å²) in [7, 11) is 0. The van der Waals surface area contributed by atoms with Gasteiger partial charge in [-0.25, -0.2) is 0 Å². The highest BCUT2D eigenvalue weighted by atomic mass is 32.2. The molecule has 6 nitrogen and oxygen atoms in total. The average molecular weight is 329 g/mol. The molecule has 2 heterocycles. The maximum absolute atomic E-state index is 12.0. The standard InChI is InChI=1S/C16H15N3O3S/c1-2-11-5-3-6-12(9-11)17-14(20)10-23-16-19-18-15(22-16)13-7-4-8-21-13/h3-9H,2,10H2,1H3,(H,17,20). The van der Waals surface area contributed by atoms with Crippen LogP contribution in [-0.4, -0.2) is 21.9 Å². The number of rotatable bonds is 6. The number of thioether (sulfide) groups is 1. The van der Waals surface area contributed by atoms with Gasteiger partial charge >= 0.3 is 0 Å². The molecule has 0 fully saturated rings. The fraction of sp³-hybridized carbons (Fsp3) is 0.188. The molecule has 1 aromatic carbocycles. The van der Waals surface area contributed by atoms with Crippen LogP contribution >= 0.6 is 11.8 Å². The lowest BCUT2D eigenvalue weighted by Gasteiger charge is -2.05. The molecule has 0 saturated heterocycles. The summed E-state index contributed by atoms with van der Waals surface area (Å²) in [4.78, 5) is 12.0. The fourth-order valence-electron chi connectivity index (χ4n) is 1.96. The van der Waals surface area contributed by atoms with E-state index in [0.717, 1.165) is 12.1 Å².